The number of nitrogens with zero attached hydrogens (tertiary/aromatic N) is 1. The molecule has 17 heavy (non-hydrogen) atoms. The average Bonchev–Trinajstić information content (AvgIpc) is 2.47. The van der Waals surface area contributed by atoms with E-state index in [1.807, 2.05) is 6.92 Å². The summed E-state index contributed by atoms with van der Waals surface area (Å²) in [5, 5.41) is 0. The molecule has 0 aliphatic carbocycles. The van der Waals surface area contributed by atoms with Gasteiger partial charge in [-0.05, 0) is 30.5 Å². The second kappa shape index (κ2) is 3.87. The lowest BCUT2D eigenvalue weighted by atomic mass is 10.1. The number of hydrogen-bond donors (Lipinski definition) is 1. The van der Waals surface area contributed by atoms with Gasteiger partial charge in [-0.1, -0.05) is 6.92 Å². The number of sulfonamides is 1. The molecule has 0 spiro atoms. The lowest BCUT2D eigenvalue weighted by molar-refractivity contribution is 0.594. The Morgan fingerprint density at radius 1 is 1.47 bits per heavy atom. The minimum atomic E-state index is -3.41. The summed E-state index contributed by atoms with van der Waals surface area (Å²) >= 11 is 0. The van der Waals surface area contributed by atoms with Crippen molar-refractivity contribution in [2.24, 2.45) is 5.92 Å². The molecule has 1 aromatic carbocycles. The van der Waals surface area contributed by atoms with Crippen LogP contribution in [0.25, 0.3) is 0 Å². The molecule has 2 rings (SSSR count). The van der Waals surface area contributed by atoms with E-state index in [0.717, 1.165) is 4.31 Å². The smallest absolute Gasteiger partial charge is 0.235 e. The zero-order chi connectivity index (χ0) is 12.8. The van der Waals surface area contributed by atoms with Crippen molar-refractivity contribution in [1.82, 2.24) is 0 Å². The van der Waals surface area contributed by atoms with Crippen molar-refractivity contribution >= 4 is 21.4 Å². The first kappa shape index (κ1) is 12.2. The lowest BCUT2D eigenvalue weighted by Crippen LogP contribution is -2.27. The van der Waals surface area contributed by atoms with Crippen molar-refractivity contribution in [1.29, 1.82) is 0 Å². The number of anilines is 2. The van der Waals surface area contributed by atoms with Crippen molar-refractivity contribution in [2.45, 2.75) is 13.8 Å². The van der Waals surface area contributed by atoms with Crippen LogP contribution in [-0.4, -0.2) is 20.7 Å². The summed E-state index contributed by atoms with van der Waals surface area (Å²) in [4.78, 5) is 0. The zero-order valence-corrected chi connectivity index (χ0v) is 10.6. The van der Waals surface area contributed by atoms with Gasteiger partial charge in [0.25, 0.3) is 0 Å². The first-order chi connectivity index (χ1) is 7.83. The summed E-state index contributed by atoms with van der Waals surface area (Å²) < 4.78 is 38.7. The Bertz CT molecular complexity index is 557. The van der Waals surface area contributed by atoms with Gasteiger partial charge < -0.3 is 5.73 Å². The van der Waals surface area contributed by atoms with Gasteiger partial charge in [-0.3, -0.25) is 4.31 Å². The maximum absolute atomic E-state index is 13.8. The summed E-state index contributed by atoms with van der Waals surface area (Å²) in [5.74, 6) is -0.490. The number of nitrogens with two attached hydrogens (primary N) is 1. The third-order valence-corrected chi connectivity index (χ3v) is 4.97. The molecule has 0 radical (unpaired) electrons. The van der Waals surface area contributed by atoms with Gasteiger partial charge in [0.2, 0.25) is 10.0 Å². The molecular weight excluding hydrogens is 243 g/mol. The molecule has 1 fully saturated rings. The Morgan fingerprint density at radius 3 is 2.65 bits per heavy atom. The topological polar surface area (TPSA) is 63.4 Å². The van der Waals surface area contributed by atoms with Crippen LogP contribution in [-0.2, 0) is 10.0 Å². The largest absolute Gasteiger partial charge is 0.398 e. The summed E-state index contributed by atoms with van der Waals surface area (Å²) in [5.41, 5.74) is 6.66. The summed E-state index contributed by atoms with van der Waals surface area (Å²) in [6, 6.07) is 2.65. The van der Waals surface area contributed by atoms with Crippen LogP contribution in [0.1, 0.15) is 12.5 Å². The molecule has 94 valence electrons. The van der Waals surface area contributed by atoms with E-state index < -0.39 is 15.8 Å². The Balaban J connectivity index is 2.59. The normalized spacial score (nSPS) is 23.0. The molecule has 1 atom stereocenters. The van der Waals surface area contributed by atoms with E-state index in [1.165, 1.54) is 12.1 Å². The highest BCUT2D eigenvalue weighted by molar-refractivity contribution is 7.93. The third-order valence-electron chi connectivity index (χ3n) is 2.98. The zero-order valence-electron chi connectivity index (χ0n) is 9.77. The van der Waals surface area contributed by atoms with Crippen LogP contribution in [0.4, 0.5) is 15.8 Å². The fourth-order valence-electron chi connectivity index (χ4n) is 2.12. The second-order valence-electron chi connectivity index (χ2n) is 4.53. The number of nitrogen functional groups attached to an aromatic ring is 1. The van der Waals surface area contributed by atoms with Gasteiger partial charge in [-0.25, -0.2) is 12.8 Å². The highest BCUT2D eigenvalue weighted by Gasteiger charge is 2.36. The molecular formula is C11H15FN2O2S. The van der Waals surface area contributed by atoms with Gasteiger partial charge in [0.05, 0.1) is 11.4 Å². The van der Waals surface area contributed by atoms with Crippen LogP contribution in [0, 0.1) is 18.7 Å². The molecule has 1 unspecified atom stereocenters. The van der Waals surface area contributed by atoms with E-state index in [0.29, 0.717) is 17.8 Å². The van der Waals surface area contributed by atoms with E-state index in [-0.39, 0.29) is 17.4 Å². The van der Waals surface area contributed by atoms with Gasteiger partial charge in [0.15, 0.2) is 0 Å². The fraction of sp³-hybridized carbons (Fsp3) is 0.455. The molecule has 2 N–H and O–H groups in total. The number of rotatable bonds is 1. The molecule has 0 saturated carbocycles. The van der Waals surface area contributed by atoms with Crippen molar-refractivity contribution in [2.75, 3.05) is 22.3 Å². The van der Waals surface area contributed by atoms with Gasteiger partial charge in [0, 0.05) is 12.2 Å². The molecule has 4 nitrogen and oxygen atoms in total. The van der Waals surface area contributed by atoms with Crippen LogP contribution in [0.3, 0.4) is 0 Å². The van der Waals surface area contributed by atoms with E-state index in [9.17, 15) is 12.8 Å². The SMILES string of the molecule is Cc1c(N)ccc(F)c1N1CC(C)CS1(=O)=O. The van der Waals surface area contributed by atoms with Crippen molar-refractivity contribution in [3.05, 3.63) is 23.5 Å². The number of hydrogen-bond acceptors (Lipinski definition) is 3. The first-order valence-corrected chi connectivity index (χ1v) is 6.99. The highest BCUT2D eigenvalue weighted by Crippen LogP contribution is 2.34. The molecule has 0 bridgehead atoms. The van der Waals surface area contributed by atoms with E-state index in [2.05, 4.69) is 0 Å². The van der Waals surface area contributed by atoms with Crippen LogP contribution >= 0.6 is 0 Å². The van der Waals surface area contributed by atoms with Crippen molar-refractivity contribution < 1.29 is 12.8 Å². The van der Waals surface area contributed by atoms with Crippen LogP contribution in [0.5, 0.6) is 0 Å². The average molecular weight is 258 g/mol. The highest BCUT2D eigenvalue weighted by atomic mass is 32.2. The molecule has 1 aliphatic rings. The number of benzene rings is 1. The summed E-state index contributed by atoms with van der Waals surface area (Å²) in [6.07, 6.45) is 0. The maximum atomic E-state index is 13.8. The van der Waals surface area contributed by atoms with Gasteiger partial charge >= 0.3 is 0 Å². The van der Waals surface area contributed by atoms with E-state index in [4.69, 9.17) is 5.73 Å². The maximum Gasteiger partial charge on any atom is 0.235 e. The molecule has 1 saturated heterocycles. The summed E-state index contributed by atoms with van der Waals surface area (Å²) in [7, 11) is -3.41. The quantitative estimate of drug-likeness (QED) is 0.776. The minimum absolute atomic E-state index is 0.000214. The van der Waals surface area contributed by atoms with Gasteiger partial charge in [-0.15, -0.1) is 0 Å². The van der Waals surface area contributed by atoms with Crippen LogP contribution < -0.4 is 10.0 Å². The molecule has 0 aromatic heterocycles. The minimum Gasteiger partial charge on any atom is -0.398 e. The van der Waals surface area contributed by atoms with Crippen molar-refractivity contribution in [3.63, 3.8) is 0 Å². The predicted octanol–water partition coefficient (Wildman–Crippen LogP) is 1.50. The first-order valence-electron chi connectivity index (χ1n) is 5.38. The predicted molar refractivity (Wildman–Crippen MR) is 65.8 cm³/mol. The molecule has 1 aliphatic heterocycles. The Hall–Kier alpha value is -1.30. The standard InChI is InChI=1S/C11H15FN2O2S/c1-7-5-14(17(15,16)6-7)11-8(2)10(13)4-3-9(11)12/h3-4,7H,5-6,13H2,1-2H3. The Kier molecular flexibility index (Phi) is 2.77. The van der Waals surface area contributed by atoms with Gasteiger partial charge in [-0.2, -0.15) is 0 Å². The van der Waals surface area contributed by atoms with E-state index >= 15 is 0 Å². The fourth-order valence-corrected chi connectivity index (χ4v) is 4.11. The Labute approximate surface area is 100 Å². The molecule has 6 heteroatoms. The van der Waals surface area contributed by atoms with Gasteiger partial charge in [0.1, 0.15) is 5.82 Å². The summed E-state index contributed by atoms with van der Waals surface area (Å²) in [6.45, 7) is 3.77. The Morgan fingerprint density at radius 2 is 2.12 bits per heavy atom. The third kappa shape index (κ3) is 1.97. The van der Waals surface area contributed by atoms with Crippen LogP contribution in [0.15, 0.2) is 12.1 Å². The van der Waals surface area contributed by atoms with Crippen molar-refractivity contribution in [3.8, 4) is 0 Å². The molecule has 0 amide bonds. The van der Waals surface area contributed by atoms with Crippen LogP contribution in [0.2, 0.25) is 0 Å². The lowest BCUT2D eigenvalue weighted by Gasteiger charge is -2.21. The second-order valence-corrected chi connectivity index (χ2v) is 6.46. The monoisotopic (exact) mass is 258 g/mol. The van der Waals surface area contributed by atoms with E-state index in [1.54, 1.807) is 6.92 Å². The number of halogens is 1. The molecule has 1 aromatic rings. The molecule has 1 heterocycles.